The minimum atomic E-state index is 0.441. The molecule has 0 aliphatic heterocycles. The maximum atomic E-state index is 5.71. The van der Waals surface area contributed by atoms with E-state index in [-0.39, 0.29) is 0 Å². The minimum absolute atomic E-state index is 0.441. The van der Waals surface area contributed by atoms with E-state index >= 15 is 0 Å². The zero-order chi connectivity index (χ0) is 11.5. The average molecular weight is 220 g/mol. The normalized spacial score (nSPS) is 11.4. The van der Waals surface area contributed by atoms with Gasteiger partial charge in [0.1, 0.15) is 11.8 Å². The molecule has 0 radical (unpaired) electrons. The molecule has 16 heavy (non-hydrogen) atoms. The molecule has 86 valence electrons. The van der Waals surface area contributed by atoms with E-state index in [1.54, 1.807) is 6.33 Å². The lowest BCUT2D eigenvalue weighted by Crippen LogP contribution is -2.15. The number of anilines is 1. The average Bonchev–Trinajstić information content (AvgIpc) is 2.63. The molecule has 0 aliphatic carbocycles. The summed E-state index contributed by atoms with van der Waals surface area (Å²) in [5, 5.41) is 0. The Morgan fingerprint density at radius 1 is 1.31 bits per heavy atom. The molecule has 2 heterocycles. The molecular weight excluding hydrogens is 204 g/mol. The van der Waals surface area contributed by atoms with E-state index in [9.17, 15) is 0 Å². The monoisotopic (exact) mass is 220 g/mol. The van der Waals surface area contributed by atoms with Crippen LogP contribution in [0.3, 0.4) is 0 Å². The van der Waals surface area contributed by atoms with Crippen LogP contribution in [0, 0.1) is 0 Å². The molecule has 0 bridgehead atoms. The van der Waals surface area contributed by atoms with Crippen molar-refractivity contribution in [3.63, 3.8) is 0 Å². The van der Waals surface area contributed by atoms with Crippen molar-refractivity contribution in [1.82, 2.24) is 24.4 Å². The standard InChI is InChI=1S/C10H16N6/c1-15(2)4-3-5-16-7-14-8-9(11)12-6-13-10(8)16/h6-7H,3-5H2,1-2H3,(H2,11,12,13). The van der Waals surface area contributed by atoms with Gasteiger partial charge in [-0.1, -0.05) is 0 Å². The van der Waals surface area contributed by atoms with Crippen LogP contribution in [0.25, 0.3) is 11.2 Å². The summed E-state index contributed by atoms with van der Waals surface area (Å²) in [6.07, 6.45) is 4.30. The number of aromatic nitrogens is 4. The molecule has 2 N–H and O–H groups in total. The number of hydrogen-bond acceptors (Lipinski definition) is 5. The molecule has 0 saturated carbocycles. The summed E-state index contributed by atoms with van der Waals surface area (Å²) in [4.78, 5) is 14.5. The number of nitrogens with two attached hydrogens (primary N) is 1. The first-order chi connectivity index (χ1) is 7.68. The lowest BCUT2D eigenvalue weighted by molar-refractivity contribution is 0.387. The van der Waals surface area contributed by atoms with Gasteiger partial charge in [0.2, 0.25) is 0 Å². The second kappa shape index (κ2) is 4.44. The molecule has 0 amide bonds. The van der Waals surface area contributed by atoms with Crippen LogP contribution < -0.4 is 5.73 Å². The van der Waals surface area contributed by atoms with E-state index in [0.29, 0.717) is 11.3 Å². The number of rotatable bonds is 4. The van der Waals surface area contributed by atoms with Crippen molar-refractivity contribution in [2.75, 3.05) is 26.4 Å². The zero-order valence-electron chi connectivity index (χ0n) is 9.59. The highest BCUT2D eigenvalue weighted by atomic mass is 15.1. The van der Waals surface area contributed by atoms with E-state index in [0.717, 1.165) is 25.2 Å². The molecule has 0 saturated heterocycles. The van der Waals surface area contributed by atoms with Crippen LogP contribution >= 0.6 is 0 Å². The van der Waals surface area contributed by atoms with Crippen LogP contribution in [0.15, 0.2) is 12.7 Å². The second-order valence-corrected chi connectivity index (χ2v) is 4.03. The lowest BCUT2D eigenvalue weighted by Gasteiger charge is -2.09. The molecule has 0 aliphatic rings. The second-order valence-electron chi connectivity index (χ2n) is 4.03. The van der Waals surface area contributed by atoms with E-state index in [1.165, 1.54) is 6.33 Å². The molecule has 2 rings (SSSR count). The highest BCUT2D eigenvalue weighted by molar-refractivity contribution is 5.80. The van der Waals surface area contributed by atoms with Gasteiger partial charge in [0.25, 0.3) is 0 Å². The van der Waals surface area contributed by atoms with Crippen LogP contribution in [0.5, 0.6) is 0 Å². The number of hydrogen-bond donors (Lipinski definition) is 1. The minimum Gasteiger partial charge on any atom is -0.382 e. The Labute approximate surface area is 94.1 Å². The maximum absolute atomic E-state index is 5.71. The van der Waals surface area contributed by atoms with Crippen LogP contribution in [-0.4, -0.2) is 45.1 Å². The largest absolute Gasteiger partial charge is 0.382 e. The molecule has 2 aromatic rings. The molecule has 2 aromatic heterocycles. The molecule has 6 heteroatoms. The molecule has 0 spiro atoms. The van der Waals surface area contributed by atoms with Crippen molar-refractivity contribution in [2.24, 2.45) is 0 Å². The van der Waals surface area contributed by atoms with Crippen molar-refractivity contribution in [1.29, 1.82) is 0 Å². The summed E-state index contributed by atoms with van der Waals surface area (Å²) in [5.41, 5.74) is 7.21. The highest BCUT2D eigenvalue weighted by Gasteiger charge is 2.06. The van der Waals surface area contributed by atoms with Crippen molar-refractivity contribution >= 4 is 17.0 Å². The van der Waals surface area contributed by atoms with Gasteiger partial charge in [-0.2, -0.15) is 0 Å². The highest BCUT2D eigenvalue weighted by Crippen LogP contribution is 2.14. The lowest BCUT2D eigenvalue weighted by atomic mass is 10.4. The number of fused-ring (bicyclic) bond motifs is 1. The Balaban J connectivity index is 2.16. The van der Waals surface area contributed by atoms with Crippen molar-refractivity contribution < 1.29 is 0 Å². The Morgan fingerprint density at radius 3 is 2.88 bits per heavy atom. The van der Waals surface area contributed by atoms with Crippen molar-refractivity contribution in [3.8, 4) is 0 Å². The van der Waals surface area contributed by atoms with Gasteiger partial charge in [0, 0.05) is 6.54 Å². The number of aryl methyl sites for hydroxylation is 1. The van der Waals surface area contributed by atoms with E-state index < -0.39 is 0 Å². The SMILES string of the molecule is CN(C)CCCn1cnc2c(N)ncnc21. The summed E-state index contributed by atoms with van der Waals surface area (Å²) in [6, 6.07) is 0. The Kier molecular flexibility index (Phi) is 3.00. The molecule has 0 aromatic carbocycles. The quantitative estimate of drug-likeness (QED) is 0.805. The first-order valence-corrected chi connectivity index (χ1v) is 5.24. The summed E-state index contributed by atoms with van der Waals surface area (Å²) in [6.45, 7) is 1.94. The topological polar surface area (TPSA) is 72.9 Å². The smallest absolute Gasteiger partial charge is 0.165 e. The molecule has 0 unspecified atom stereocenters. The van der Waals surface area contributed by atoms with Crippen LogP contribution in [0.1, 0.15) is 6.42 Å². The Hall–Kier alpha value is -1.69. The third kappa shape index (κ3) is 2.11. The van der Waals surface area contributed by atoms with Gasteiger partial charge in [-0.05, 0) is 27.1 Å². The fourth-order valence-corrected chi connectivity index (χ4v) is 1.62. The number of nitrogen functional groups attached to an aromatic ring is 1. The third-order valence-electron chi connectivity index (χ3n) is 2.43. The van der Waals surface area contributed by atoms with E-state index in [4.69, 9.17) is 5.73 Å². The summed E-state index contributed by atoms with van der Waals surface area (Å²) in [5.74, 6) is 0.441. The van der Waals surface area contributed by atoms with Crippen molar-refractivity contribution in [2.45, 2.75) is 13.0 Å². The van der Waals surface area contributed by atoms with E-state index in [2.05, 4.69) is 33.9 Å². The van der Waals surface area contributed by atoms with Crippen LogP contribution in [0.4, 0.5) is 5.82 Å². The van der Waals surface area contributed by atoms with E-state index in [1.807, 2.05) is 4.57 Å². The predicted molar refractivity (Wildman–Crippen MR) is 62.9 cm³/mol. The Bertz CT molecular complexity index is 475. The first-order valence-electron chi connectivity index (χ1n) is 5.24. The molecule has 6 nitrogen and oxygen atoms in total. The van der Waals surface area contributed by atoms with Gasteiger partial charge >= 0.3 is 0 Å². The first kappa shape index (κ1) is 10.8. The predicted octanol–water partition coefficient (Wildman–Crippen LogP) is 0.360. The van der Waals surface area contributed by atoms with Crippen LogP contribution in [0.2, 0.25) is 0 Å². The fourth-order valence-electron chi connectivity index (χ4n) is 1.62. The van der Waals surface area contributed by atoms with Gasteiger partial charge in [-0.3, -0.25) is 0 Å². The Morgan fingerprint density at radius 2 is 2.12 bits per heavy atom. The van der Waals surface area contributed by atoms with Crippen molar-refractivity contribution in [3.05, 3.63) is 12.7 Å². The summed E-state index contributed by atoms with van der Waals surface area (Å²) < 4.78 is 2.01. The maximum Gasteiger partial charge on any atom is 0.165 e. The van der Waals surface area contributed by atoms with Gasteiger partial charge in [-0.15, -0.1) is 0 Å². The van der Waals surface area contributed by atoms with Gasteiger partial charge in [-0.25, -0.2) is 15.0 Å². The fraction of sp³-hybridized carbons (Fsp3) is 0.500. The van der Waals surface area contributed by atoms with Crippen LogP contribution in [-0.2, 0) is 6.54 Å². The number of imidazole rings is 1. The zero-order valence-corrected chi connectivity index (χ0v) is 9.59. The summed E-state index contributed by atoms with van der Waals surface area (Å²) in [7, 11) is 4.12. The molecular formula is C10H16N6. The van der Waals surface area contributed by atoms with Gasteiger partial charge in [0.15, 0.2) is 11.5 Å². The molecule has 0 fully saturated rings. The summed E-state index contributed by atoms with van der Waals surface area (Å²) >= 11 is 0. The third-order valence-corrected chi connectivity index (χ3v) is 2.43. The van der Waals surface area contributed by atoms with Gasteiger partial charge in [0.05, 0.1) is 6.33 Å². The number of nitrogens with zero attached hydrogens (tertiary/aromatic N) is 5. The van der Waals surface area contributed by atoms with Gasteiger partial charge < -0.3 is 15.2 Å². The molecule has 0 atom stereocenters.